The SMILES string of the molecule is COc1ccc(CNC(=O)CCc2nc(-c3ccsc3)no2)cc1OC. The number of aryl methyl sites for hydroxylation is 1. The molecule has 1 amide bonds. The third-order valence-corrected chi connectivity index (χ3v) is 4.43. The van der Waals surface area contributed by atoms with Crippen LogP contribution in [0.5, 0.6) is 11.5 Å². The molecule has 2 aromatic heterocycles. The normalized spacial score (nSPS) is 10.5. The zero-order valence-electron chi connectivity index (χ0n) is 14.5. The quantitative estimate of drug-likeness (QED) is 0.653. The molecule has 136 valence electrons. The molecule has 0 atom stereocenters. The number of hydrogen-bond acceptors (Lipinski definition) is 7. The number of benzene rings is 1. The summed E-state index contributed by atoms with van der Waals surface area (Å²) in [6.45, 7) is 0.406. The Kier molecular flexibility index (Phi) is 5.85. The van der Waals surface area contributed by atoms with Crippen molar-refractivity contribution in [3.8, 4) is 22.9 Å². The molecule has 0 aliphatic carbocycles. The van der Waals surface area contributed by atoms with Crippen molar-refractivity contribution in [1.29, 1.82) is 0 Å². The lowest BCUT2D eigenvalue weighted by molar-refractivity contribution is -0.121. The third kappa shape index (κ3) is 4.40. The standard InChI is InChI=1S/C18H19N3O4S/c1-23-14-4-3-12(9-15(14)24-2)10-19-16(22)5-6-17-20-18(21-25-17)13-7-8-26-11-13/h3-4,7-9,11H,5-6,10H2,1-2H3,(H,19,22). The van der Waals surface area contributed by atoms with Crippen LogP contribution in [0.25, 0.3) is 11.4 Å². The number of amides is 1. The van der Waals surface area contributed by atoms with Crippen LogP contribution in [0.4, 0.5) is 0 Å². The van der Waals surface area contributed by atoms with E-state index in [4.69, 9.17) is 14.0 Å². The van der Waals surface area contributed by atoms with Gasteiger partial charge in [0.25, 0.3) is 0 Å². The molecular formula is C18H19N3O4S. The van der Waals surface area contributed by atoms with E-state index < -0.39 is 0 Å². The number of nitrogens with zero attached hydrogens (tertiary/aromatic N) is 2. The van der Waals surface area contributed by atoms with E-state index in [2.05, 4.69) is 15.5 Å². The van der Waals surface area contributed by atoms with Crippen molar-refractivity contribution in [2.75, 3.05) is 14.2 Å². The first kappa shape index (κ1) is 17.9. The van der Waals surface area contributed by atoms with Gasteiger partial charge < -0.3 is 19.3 Å². The Morgan fingerprint density at radius 1 is 1.23 bits per heavy atom. The van der Waals surface area contributed by atoms with Gasteiger partial charge in [0, 0.05) is 30.3 Å². The van der Waals surface area contributed by atoms with E-state index in [1.165, 1.54) is 0 Å². The average molecular weight is 373 g/mol. The van der Waals surface area contributed by atoms with E-state index in [1.807, 2.05) is 35.0 Å². The van der Waals surface area contributed by atoms with Gasteiger partial charge in [-0.05, 0) is 29.1 Å². The second-order valence-electron chi connectivity index (χ2n) is 5.49. The summed E-state index contributed by atoms with van der Waals surface area (Å²) in [4.78, 5) is 16.4. The van der Waals surface area contributed by atoms with Gasteiger partial charge in [-0.2, -0.15) is 16.3 Å². The first-order valence-electron chi connectivity index (χ1n) is 8.02. The molecular weight excluding hydrogens is 354 g/mol. The van der Waals surface area contributed by atoms with Crippen molar-refractivity contribution >= 4 is 17.2 Å². The maximum Gasteiger partial charge on any atom is 0.227 e. The largest absolute Gasteiger partial charge is 0.493 e. The second-order valence-corrected chi connectivity index (χ2v) is 6.27. The maximum absolute atomic E-state index is 12.0. The number of nitrogens with one attached hydrogen (secondary N) is 1. The van der Waals surface area contributed by atoms with Crippen molar-refractivity contribution in [2.45, 2.75) is 19.4 Å². The van der Waals surface area contributed by atoms with Crippen LogP contribution >= 0.6 is 11.3 Å². The number of hydrogen-bond donors (Lipinski definition) is 1. The summed E-state index contributed by atoms with van der Waals surface area (Å²) in [6.07, 6.45) is 0.674. The zero-order chi connectivity index (χ0) is 18.4. The number of methoxy groups -OCH3 is 2. The van der Waals surface area contributed by atoms with E-state index in [9.17, 15) is 4.79 Å². The summed E-state index contributed by atoms with van der Waals surface area (Å²) in [5.41, 5.74) is 1.84. The van der Waals surface area contributed by atoms with E-state index in [-0.39, 0.29) is 12.3 Å². The van der Waals surface area contributed by atoms with E-state index in [0.717, 1.165) is 11.1 Å². The van der Waals surface area contributed by atoms with Gasteiger partial charge in [-0.3, -0.25) is 4.79 Å². The first-order chi connectivity index (χ1) is 12.7. The van der Waals surface area contributed by atoms with Crippen LogP contribution in [0.2, 0.25) is 0 Å². The molecule has 0 radical (unpaired) electrons. The maximum atomic E-state index is 12.0. The van der Waals surface area contributed by atoms with Crippen molar-refractivity contribution in [1.82, 2.24) is 15.5 Å². The number of thiophene rings is 1. The van der Waals surface area contributed by atoms with Crippen molar-refractivity contribution in [3.05, 3.63) is 46.5 Å². The lowest BCUT2D eigenvalue weighted by Gasteiger charge is -2.10. The fraction of sp³-hybridized carbons (Fsp3) is 0.278. The molecule has 1 N–H and O–H groups in total. The van der Waals surface area contributed by atoms with E-state index >= 15 is 0 Å². The first-order valence-corrected chi connectivity index (χ1v) is 8.96. The topological polar surface area (TPSA) is 86.5 Å². The molecule has 2 heterocycles. The van der Waals surface area contributed by atoms with Crippen LogP contribution in [0.3, 0.4) is 0 Å². The van der Waals surface area contributed by atoms with Crippen LogP contribution in [0.15, 0.2) is 39.5 Å². The highest BCUT2D eigenvalue weighted by molar-refractivity contribution is 7.08. The Morgan fingerprint density at radius 2 is 2.08 bits per heavy atom. The van der Waals surface area contributed by atoms with Gasteiger partial charge in [0.2, 0.25) is 17.6 Å². The molecule has 0 saturated carbocycles. The predicted molar refractivity (Wildman–Crippen MR) is 97.3 cm³/mol. The summed E-state index contributed by atoms with van der Waals surface area (Å²) < 4.78 is 15.6. The summed E-state index contributed by atoms with van der Waals surface area (Å²) in [6, 6.07) is 7.46. The van der Waals surface area contributed by atoms with E-state index in [1.54, 1.807) is 25.6 Å². The minimum absolute atomic E-state index is 0.0879. The molecule has 0 bridgehead atoms. The third-order valence-electron chi connectivity index (χ3n) is 3.75. The van der Waals surface area contributed by atoms with Crippen LogP contribution in [-0.4, -0.2) is 30.3 Å². The minimum atomic E-state index is -0.0879. The molecule has 0 spiro atoms. The molecule has 0 saturated heterocycles. The van der Waals surface area contributed by atoms with Gasteiger partial charge in [-0.25, -0.2) is 0 Å². The highest BCUT2D eigenvalue weighted by atomic mass is 32.1. The van der Waals surface area contributed by atoms with E-state index in [0.29, 0.717) is 36.2 Å². The van der Waals surface area contributed by atoms with Gasteiger partial charge in [0.15, 0.2) is 11.5 Å². The smallest absolute Gasteiger partial charge is 0.227 e. The molecule has 3 aromatic rings. The Labute approximate surface area is 154 Å². The molecule has 0 aliphatic rings. The van der Waals surface area contributed by atoms with Gasteiger partial charge in [0.05, 0.1) is 14.2 Å². The number of carbonyl (C=O) groups is 1. The Balaban J connectivity index is 1.49. The van der Waals surface area contributed by atoms with Crippen molar-refractivity contribution in [3.63, 3.8) is 0 Å². The minimum Gasteiger partial charge on any atom is -0.493 e. The molecule has 26 heavy (non-hydrogen) atoms. The lowest BCUT2D eigenvalue weighted by atomic mass is 10.2. The summed E-state index contributed by atoms with van der Waals surface area (Å²) in [5.74, 6) is 2.20. The molecule has 0 unspecified atom stereocenters. The summed E-state index contributed by atoms with van der Waals surface area (Å²) in [7, 11) is 3.16. The highest BCUT2D eigenvalue weighted by Crippen LogP contribution is 2.27. The predicted octanol–water partition coefficient (Wildman–Crippen LogP) is 3.06. The monoisotopic (exact) mass is 373 g/mol. The van der Waals surface area contributed by atoms with Crippen molar-refractivity contribution < 1.29 is 18.8 Å². The Bertz CT molecular complexity index is 861. The number of rotatable bonds is 8. The number of ether oxygens (including phenoxy) is 2. The fourth-order valence-electron chi connectivity index (χ4n) is 2.37. The molecule has 0 fully saturated rings. The number of carbonyl (C=O) groups excluding carboxylic acids is 1. The Morgan fingerprint density at radius 3 is 2.81 bits per heavy atom. The van der Waals surface area contributed by atoms with Gasteiger partial charge >= 0.3 is 0 Å². The lowest BCUT2D eigenvalue weighted by Crippen LogP contribution is -2.23. The van der Waals surface area contributed by atoms with Gasteiger partial charge in [-0.1, -0.05) is 11.2 Å². The molecule has 1 aromatic carbocycles. The number of aromatic nitrogens is 2. The van der Waals surface area contributed by atoms with Crippen LogP contribution in [0.1, 0.15) is 17.9 Å². The van der Waals surface area contributed by atoms with Gasteiger partial charge in [-0.15, -0.1) is 0 Å². The summed E-state index contributed by atoms with van der Waals surface area (Å²) >= 11 is 1.57. The zero-order valence-corrected chi connectivity index (χ0v) is 15.3. The molecule has 0 aliphatic heterocycles. The summed E-state index contributed by atoms with van der Waals surface area (Å²) in [5, 5.41) is 10.7. The van der Waals surface area contributed by atoms with Crippen LogP contribution < -0.4 is 14.8 Å². The van der Waals surface area contributed by atoms with Crippen molar-refractivity contribution in [2.24, 2.45) is 0 Å². The molecule has 7 nitrogen and oxygen atoms in total. The fourth-order valence-corrected chi connectivity index (χ4v) is 3.00. The Hall–Kier alpha value is -2.87. The molecule has 3 rings (SSSR count). The molecule has 8 heteroatoms. The highest BCUT2D eigenvalue weighted by Gasteiger charge is 2.11. The van der Waals surface area contributed by atoms with Crippen LogP contribution in [-0.2, 0) is 17.8 Å². The van der Waals surface area contributed by atoms with Crippen LogP contribution in [0, 0.1) is 0 Å². The van der Waals surface area contributed by atoms with Gasteiger partial charge in [0.1, 0.15) is 0 Å². The second kappa shape index (κ2) is 8.48. The average Bonchev–Trinajstić information content (AvgIpc) is 3.35.